The van der Waals surface area contributed by atoms with Gasteiger partial charge in [0.15, 0.2) is 0 Å². The van der Waals surface area contributed by atoms with E-state index in [0.717, 1.165) is 4.90 Å². The standard InChI is InChI=1S/C10H17F3N2O3/c1-6(2)5-15(4)8(18)14-9(3,7(16)17)10(11,12)13/h6H,5H2,1-4H3,(H,14,18)(H,16,17). The van der Waals surface area contributed by atoms with E-state index >= 15 is 0 Å². The number of urea groups is 1. The molecule has 8 heteroatoms. The predicted molar refractivity (Wildman–Crippen MR) is 58.1 cm³/mol. The topological polar surface area (TPSA) is 69.6 Å². The van der Waals surface area contributed by atoms with Crippen LogP contribution in [0.3, 0.4) is 0 Å². The number of nitrogens with zero attached hydrogens (tertiary/aromatic N) is 1. The van der Waals surface area contributed by atoms with Gasteiger partial charge in [-0.2, -0.15) is 13.2 Å². The lowest BCUT2D eigenvalue weighted by Gasteiger charge is -2.31. The quantitative estimate of drug-likeness (QED) is 0.816. The van der Waals surface area contributed by atoms with E-state index in [1.807, 2.05) is 0 Å². The van der Waals surface area contributed by atoms with Crippen molar-refractivity contribution in [1.29, 1.82) is 0 Å². The summed E-state index contributed by atoms with van der Waals surface area (Å²) in [5, 5.41) is 10.1. The minimum absolute atomic E-state index is 0.0581. The van der Waals surface area contributed by atoms with E-state index in [4.69, 9.17) is 5.11 Å². The first-order valence-corrected chi connectivity index (χ1v) is 5.25. The van der Waals surface area contributed by atoms with Crippen LogP contribution in [-0.2, 0) is 4.79 Å². The summed E-state index contributed by atoms with van der Waals surface area (Å²) >= 11 is 0. The van der Waals surface area contributed by atoms with Crippen LogP contribution in [0.4, 0.5) is 18.0 Å². The van der Waals surface area contributed by atoms with Crippen LogP contribution in [0.15, 0.2) is 0 Å². The van der Waals surface area contributed by atoms with Crippen LogP contribution in [0.1, 0.15) is 20.8 Å². The Kier molecular flexibility index (Phi) is 5.00. The van der Waals surface area contributed by atoms with Gasteiger partial charge in [-0.05, 0) is 12.8 Å². The Morgan fingerprint density at radius 3 is 2.06 bits per heavy atom. The summed E-state index contributed by atoms with van der Waals surface area (Å²) in [7, 11) is 1.30. The van der Waals surface area contributed by atoms with Crippen LogP contribution in [0.2, 0.25) is 0 Å². The molecule has 0 aliphatic carbocycles. The van der Waals surface area contributed by atoms with Gasteiger partial charge in [0.1, 0.15) is 0 Å². The molecule has 18 heavy (non-hydrogen) atoms. The fourth-order valence-corrected chi connectivity index (χ4v) is 1.19. The minimum atomic E-state index is -5.08. The number of rotatable bonds is 4. The number of aliphatic carboxylic acids is 1. The van der Waals surface area contributed by atoms with Crippen LogP contribution in [0.5, 0.6) is 0 Å². The lowest BCUT2D eigenvalue weighted by molar-refractivity contribution is -0.203. The lowest BCUT2D eigenvalue weighted by atomic mass is 10.0. The Hall–Kier alpha value is -1.47. The number of alkyl halides is 3. The summed E-state index contributed by atoms with van der Waals surface area (Å²) in [5.74, 6) is -2.09. The molecule has 1 atom stereocenters. The van der Waals surface area contributed by atoms with E-state index < -0.39 is 23.7 Å². The highest BCUT2D eigenvalue weighted by atomic mass is 19.4. The highest BCUT2D eigenvalue weighted by Gasteiger charge is 2.58. The Bertz CT molecular complexity index is 331. The molecule has 0 aliphatic rings. The molecule has 2 amide bonds. The summed E-state index contributed by atoms with van der Waals surface area (Å²) in [5.41, 5.74) is -3.30. The van der Waals surface area contributed by atoms with Crippen molar-refractivity contribution in [2.75, 3.05) is 13.6 Å². The third kappa shape index (κ3) is 3.78. The summed E-state index contributed by atoms with van der Waals surface area (Å²) in [6, 6.07) is -1.08. The van der Waals surface area contributed by atoms with E-state index in [1.165, 1.54) is 12.4 Å². The van der Waals surface area contributed by atoms with Crippen molar-refractivity contribution < 1.29 is 27.9 Å². The molecule has 0 saturated carbocycles. The Morgan fingerprint density at radius 1 is 1.33 bits per heavy atom. The van der Waals surface area contributed by atoms with E-state index in [2.05, 4.69) is 0 Å². The Labute approximate surface area is 103 Å². The summed E-state index contributed by atoms with van der Waals surface area (Å²) in [6.07, 6.45) is -5.08. The molecule has 0 heterocycles. The van der Waals surface area contributed by atoms with Gasteiger partial charge in [-0.3, -0.25) is 0 Å². The van der Waals surface area contributed by atoms with Gasteiger partial charge in [0, 0.05) is 13.6 Å². The number of hydrogen-bond acceptors (Lipinski definition) is 2. The van der Waals surface area contributed by atoms with Gasteiger partial charge in [-0.25, -0.2) is 9.59 Å². The molecule has 0 aliphatic heterocycles. The van der Waals surface area contributed by atoms with Gasteiger partial charge in [-0.1, -0.05) is 13.8 Å². The van der Waals surface area contributed by atoms with Crippen LogP contribution in [0, 0.1) is 5.92 Å². The molecule has 0 radical (unpaired) electrons. The van der Waals surface area contributed by atoms with Crippen molar-refractivity contribution in [3.05, 3.63) is 0 Å². The molecule has 0 bridgehead atoms. The number of amides is 2. The van der Waals surface area contributed by atoms with Gasteiger partial charge in [0.25, 0.3) is 0 Å². The lowest BCUT2D eigenvalue weighted by Crippen LogP contribution is -2.63. The number of carbonyl (C=O) groups is 2. The third-order valence-corrected chi connectivity index (χ3v) is 2.34. The zero-order chi connectivity index (χ0) is 14.7. The second-order valence-electron chi connectivity index (χ2n) is 4.63. The number of nitrogens with one attached hydrogen (secondary N) is 1. The number of carboxylic acid groups (broad SMARTS) is 1. The van der Waals surface area contributed by atoms with E-state index in [1.54, 1.807) is 13.8 Å². The fraction of sp³-hybridized carbons (Fsp3) is 0.800. The summed E-state index contributed by atoms with van der Waals surface area (Å²) in [4.78, 5) is 23.2. The molecule has 0 aromatic rings. The molecular formula is C10H17F3N2O3. The van der Waals surface area contributed by atoms with Crippen molar-refractivity contribution in [1.82, 2.24) is 10.2 Å². The van der Waals surface area contributed by atoms with Crippen LogP contribution in [-0.4, -0.2) is 47.3 Å². The highest BCUT2D eigenvalue weighted by molar-refractivity contribution is 5.86. The second kappa shape index (κ2) is 5.45. The second-order valence-corrected chi connectivity index (χ2v) is 4.63. The smallest absolute Gasteiger partial charge is 0.422 e. The molecular weight excluding hydrogens is 253 g/mol. The highest BCUT2D eigenvalue weighted by Crippen LogP contribution is 2.30. The first-order chi connectivity index (χ1) is 7.91. The Balaban J connectivity index is 4.93. The van der Waals surface area contributed by atoms with Crippen molar-refractivity contribution in [2.24, 2.45) is 5.92 Å². The van der Waals surface area contributed by atoms with Gasteiger partial charge in [-0.15, -0.1) is 0 Å². The van der Waals surface area contributed by atoms with Gasteiger partial charge >= 0.3 is 18.2 Å². The maximum Gasteiger partial charge on any atom is 0.422 e. The van der Waals surface area contributed by atoms with Gasteiger partial charge < -0.3 is 15.3 Å². The number of carboxylic acids is 1. The average Bonchev–Trinajstić information content (AvgIpc) is 2.13. The molecule has 0 spiro atoms. The van der Waals surface area contributed by atoms with Crippen molar-refractivity contribution in [2.45, 2.75) is 32.5 Å². The summed E-state index contributed by atoms with van der Waals surface area (Å²) < 4.78 is 37.9. The molecule has 0 rings (SSSR count). The molecule has 0 aromatic carbocycles. The van der Waals surface area contributed by atoms with Crippen molar-refractivity contribution in [3.63, 3.8) is 0 Å². The van der Waals surface area contributed by atoms with E-state index in [0.29, 0.717) is 6.92 Å². The zero-order valence-electron chi connectivity index (χ0n) is 10.6. The number of halogens is 3. The molecule has 2 N–H and O–H groups in total. The van der Waals surface area contributed by atoms with E-state index in [-0.39, 0.29) is 12.5 Å². The molecule has 0 fully saturated rings. The predicted octanol–water partition coefficient (Wildman–Crippen LogP) is 1.69. The SMILES string of the molecule is CC(C)CN(C)C(=O)NC(C)(C(=O)O)C(F)(F)F. The Morgan fingerprint density at radius 2 is 1.78 bits per heavy atom. The number of hydrogen-bond donors (Lipinski definition) is 2. The fourth-order valence-electron chi connectivity index (χ4n) is 1.19. The van der Waals surface area contributed by atoms with Crippen molar-refractivity contribution in [3.8, 4) is 0 Å². The van der Waals surface area contributed by atoms with Crippen molar-refractivity contribution >= 4 is 12.0 Å². The molecule has 0 aromatic heterocycles. The maximum atomic E-state index is 12.6. The molecule has 106 valence electrons. The zero-order valence-corrected chi connectivity index (χ0v) is 10.6. The number of carbonyl (C=O) groups excluding carboxylic acids is 1. The molecule has 0 saturated heterocycles. The van der Waals surface area contributed by atoms with Gasteiger partial charge in [0.2, 0.25) is 5.54 Å². The van der Waals surface area contributed by atoms with E-state index in [9.17, 15) is 22.8 Å². The summed E-state index contributed by atoms with van der Waals surface area (Å²) in [6.45, 7) is 4.20. The minimum Gasteiger partial charge on any atom is -0.479 e. The van der Waals surface area contributed by atoms with Gasteiger partial charge in [0.05, 0.1) is 0 Å². The first kappa shape index (κ1) is 16.5. The average molecular weight is 270 g/mol. The maximum absolute atomic E-state index is 12.6. The first-order valence-electron chi connectivity index (χ1n) is 5.25. The molecule has 5 nitrogen and oxygen atoms in total. The van der Waals surface area contributed by atoms with Crippen LogP contribution < -0.4 is 5.32 Å². The van der Waals surface area contributed by atoms with Crippen LogP contribution >= 0.6 is 0 Å². The largest absolute Gasteiger partial charge is 0.479 e. The molecule has 1 unspecified atom stereocenters. The van der Waals surface area contributed by atoms with Crippen LogP contribution in [0.25, 0.3) is 0 Å². The normalized spacial score (nSPS) is 15.1. The third-order valence-electron chi connectivity index (χ3n) is 2.34. The monoisotopic (exact) mass is 270 g/mol.